The van der Waals surface area contributed by atoms with Gasteiger partial charge in [0.1, 0.15) is 0 Å². The average Bonchev–Trinajstić information content (AvgIpc) is 2.52. The number of fused-ring (bicyclic) bond motifs is 1. The number of hydrogen-bond donors (Lipinski definition) is 1. The lowest BCUT2D eigenvalue weighted by Crippen LogP contribution is -2.33. The van der Waals surface area contributed by atoms with Crippen molar-refractivity contribution in [1.29, 1.82) is 0 Å². The Morgan fingerprint density at radius 3 is 2.68 bits per heavy atom. The Labute approximate surface area is 128 Å². The van der Waals surface area contributed by atoms with Gasteiger partial charge in [-0.3, -0.25) is 14.4 Å². The number of ether oxygens (including phenoxy) is 1. The summed E-state index contributed by atoms with van der Waals surface area (Å²) in [5, 5.41) is 2.37. The molecule has 0 radical (unpaired) electrons. The fraction of sp³-hybridized carbons (Fsp3) is 0.312. The Morgan fingerprint density at radius 2 is 2.00 bits per heavy atom. The first-order valence-corrected chi connectivity index (χ1v) is 6.95. The van der Waals surface area contributed by atoms with Crippen molar-refractivity contribution in [3.63, 3.8) is 0 Å². The first-order chi connectivity index (χ1) is 10.5. The molecule has 1 N–H and O–H groups in total. The van der Waals surface area contributed by atoms with Crippen LogP contribution in [-0.2, 0) is 19.1 Å². The molecule has 0 saturated carbocycles. The van der Waals surface area contributed by atoms with E-state index in [9.17, 15) is 14.4 Å². The molecule has 1 heterocycles. The molecule has 2 rings (SSSR count). The van der Waals surface area contributed by atoms with Crippen molar-refractivity contribution in [2.75, 3.05) is 13.7 Å². The molecule has 1 aromatic rings. The molecule has 0 aliphatic carbocycles. The van der Waals surface area contributed by atoms with Gasteiger partial charge >= 0.3 is 5.97 Å². The van der Waals surface area contributed by atoms with Crippen LogP contribution in [0.5, 0.6) is 0 Å². The Bertz CT molecular complexity index is 624. The van der Waals surface area contributed by atoms with E-state index in [-0.39, 0.29) is 24.8 Å². The average molecular weight is 302 g/mol. The molecule has 0 unspecified atom stereocenters. The van der Waals surface area contributed by atoms with E-state index in [0.717, 1.165) is 11.1 Å². The molecule has 22 heavy (non-hydrogen) atoms. The van der Waals surface area contributed by atoms with E-state index in [0.29, 0.717) is 0 Å². The van der Waals surface area contributed by atoms with E-state index in [1.54, 1.807) is 6.20 Å². The van der Waals surface area contributed by atoms with Crippen molar-refractivity contribution in [3.05, 3.63) is 41.6 Å². The van der Waals surface area contributed by atoms with Gasteiger partial charge in [0.2, 0.25) is 5.91 Å². The zero-order valence-corrected chi connectivity index (χ0v) is 12.5. The maximum absolute atomic E-state index is 11.9. The van der Waals surface area contributed by atoms with Gasteiger partial charge < -0.3 is 15.0 Å². The lowest BCUT2D eigenvalue weighted by Gasteiger charge is -2.32. The SMILES string of the molecule is CNC(=O)COC(=O)C[C@@H]1c2ccccc2C=CN1C(C)=O. The molecule has 2 amide bonds. The normalized spacial score (nSPS) is 15.9. The van der Waals surface area contributed by atoms with Gasteiger partial charge in [0.05, 0.1) is 12.5 Å². The van der Waals surface area contributed by atoms with Gasteiger partial charge in [0, 0.05) is 20.2 Å². The quantitative estimate of drug-likeness (QED) is 0.849. The van der Waals surface area contributed by atoms with Gasteiger partial charge in [0.15, 0.2) is 6.61 Å². The van der Waals surface area contributed by atoms with Crippen molar-refractivity contribution in [2.24, 2.45) is 0 Å². The standard InChI is InChI=1S/C16H18N2O4/c1-11(19)18-8-7-12-5-3-4-6-13(12)14(18)9-16(21)22-10-15(20)17-2/h3-8,14H,9-10H2,1-2H3,(H,17,20)/t14-/m1/s1. The zero-order valence-electron chi connectivity index (χ0n) is 12.5. The van der Waals surface area contributed by atoms with Crippen molar-refractivity contribution in [3.8, 4) is 0 Å². The third-order valence-electron chi connectivity index (χ3n) is 3.47. The van der Waals surface area contributed by atoms with Gasteiger partial charge in [0.25, 0.3) is 5.91 Å². The molecular formula is C16H18N2O4. The molecule has 1 aliphatic rings. The minimum Gasteiger partial charge on any atom is -0.456 e. The van der Waals surface area contributed by atoms with Crippen LogP contribution in [0.3, 0.4) is 0 Å². The number of rotatable bonds is 4. The summed E-state index contributed by atoms with van der Waals surface area (Å²) in [5.74, 6) is -1.06. The monoisotopic (exact) mass is 302 g/mol. The zero-order chi connectivity index (χ0) is 16.1. The number of nitrogens with one attached hydrogen (secondary N) is 1. The van der Waals surface area contributed by atoms with Crippen LogP contribution in [-0.4, -0.2) is 36.3 Å². The molecule has 6 nitrogen and oxygen atoms in total. The van der Waals surface area contributed by atoms with E-state index >= 15 is 0 Å². The van der Waals surface area contributed by atoms with Crippen molar-refractivity contribution < 1.29 is 19.1 Å². The predicted molar refractivity (Wildman–Crippen MR) is 80.4 cm³/mol. The highest BCUT2D eigenvalue weighted by molar-refractivity contribution is 5.82. The van der Waals surface area contributed by atoms with Gasteiger partial charge in [-0.2, -0.15) is 0 Å². The first kappa shape index (κ1) is 15.8. The fourth-order valence-electron chi connectivity index (χ4n) is 2.35. The van der Waals surface area contributed by atoms with Crippen molar-refractivity contribution >= 4 is 23.9 Å². The third-order valence-corrected chi connectivity index (χ3v) is 3.47. The van der Waals surface area contributed by atoms with Crippen LogP contribution in [0.2, 0.25) is 0 Å². The summed E-state index contributed by atoms with van der Waals surface area (Å²) < 4.78 is 4.93. The van der Waals surface area contributed by atoms with Gasteiger partial charge in [-0.05, 0) is 17.2 Å². The van der Waals surface area contributed by atoms with Crippen LogP contribution in [0.25, 0.3) is 6.08 Å². The van der Waals surface area contributed by atoms with Crippen LogP contribution in [0.15, 0.2) is 30.5 Å². The highest BCUT2D eigenvalue weighted by atomic mass is 16.5. The minimum atomic E-state index is -0.523. The Kier molecular flexibility index (Phi) is 4.93. The summed E-state index contributed by atoms with van der Waals surface area (Å²) >= 11 is 0. The Balaban J connectivity index is 2.15. The highest BCUT2D eigenvalue weighted by Crippen LogP contribution is 2.32. The lowest BCUT2D eigenvalue weighted by atomic mass is 9.94. The number of carbonyl (C=O) groups is 3. The van der Waals surface area contributed by atoms with E-state index in [4.69, 9.17) is 4.74 Å². The van der Waals surface area contributed by atoms with Gasteiger partial charge in [-0.25, -0.2) is 0 Å². The molecule has 1 atom stereocenters. The molecule has 0 fully saturated rings. The van der Waals surface area contributed by atoms with Crippen LogP contribution in [0.4, 0.5) is 0 Å². The Hall–Kier alpha value is -2.63. The molecule has 116 valence electrons. The molecule has 0 aromatic heterocycles. The number of nitrogens with zero attached hydrogens (tertiary/aromatic N) is 1. The second-order valence-electron chi connectivity index (χ2n) is 4.92. The van der Waals surface area contributed by atoms with E-state index in [1.807, 2.05) is 30.3 Å². The summed E-state index contributed by atoms with van der Waals surface area (Å²) in [6, 6.07) is 7.14. The molecule has 0 saturated heterocycles. The van der Waals surface area contributed by atoms with E-state index in [1.165, 1.54) is 18.9 Å². The fourth-order valence-corrected chi connectivity index (χ4v) is 2.35. The third kappa shape index (κ3) is 3.52. The summed E-state index contributed by atoms with van der Waals surface area (Å²) in [6.45, 7) is 1.13. The van der Waals surface area contributed by atoms with Crippen molar-refractivity contribution in [2.45, 2.75) is 19.4 Å². The maximum Gasteiger partial charge on any atom is 0.308 e. The molecule has 1 aromatic carbocycles. The largest absolute Gasteiger partial charge is 0.456 e. The summed E-state index contributed by atoms with van der Waals surface area (Å²) in [6.07, 6.45) is 3.50. The molecule has 1 aliphatic heterocycles. The molecule has 0 bridgehead atoms. The van der Waals surface area contributed by atoms with Crippen LogP contribution >= 0.6 is 0 Å². The van der Waals surface area contributed by atoms with Gasteiger partial charge in [-0.15, -0.1) is 0 Å². The number of likely N-dealkylation sites (N-methyl/N-ethyl adjacent to an activating group) is 1. The molecule has 6 heteroatoms. The molecule has 0 spiro atoms. The second-order valence-corrected chi connectivity index (χ2v) is 4.92. The minimum absolute atomic E-state index is 0.00206. The van der Waals surface area contributed by atoms with Crippen LogP contribution in [0.1, 0.15) is 30.5 Å². The summed E-state index contributed by atoms with van der Waals surface area (Å²) in [5.41, 5.74) is 1.85. The number of esters is 1. The predicted octanol–water partition coefficient (Wildman–Crippen LogP) is 1.24. The van der Waals surface area contributed by atoms with Crippen molar-refractivity contribution in [1.82, 2.24) is 10.2 Å². The Morgan fingerprint density at radius 1 is 1.27 bits per heavy atom. The molecular weight excluding hydrogens is 284 g/mol. The van der Waals surface area contributed by atoms with E-state index < -0.39 is 12.0 Å². The smallest absolute Gasteiger partial charge is 0.308 e. The van der Waals surface area contributed by atoms with E-state index in [2.05, 4.69) is 5.32 Å². The maximum atomic E-state index is 11.9. The number of amides is 2. The van der Waals surface area contributed by atoms with Crippen LogP contribution < -0.4 is 5.32 Å². The first-order valence-electron chi connectivity index (χ1n) is 6.95. The second kappa shape index (κ2) is 6.89. The topological polar surface area (TPSA) is 75.7 Å². The van der Waals surface area contributed by atoms with Crippen LogP contribution in [0, 0.1) is 0 Å². The number of carbonyl (C=O) groups excluding carboxylic acids is 3. The van der Waals surface area contributed by atoms with Gasteiger partial charge in [-0.1, -0.05) is 24.3 Å². The lowest BCUT2D eigenvalue weighted by molar-refractivity contribution is -0.150. The summed E-state index contributed by atoms with van der Waals surface area (Å²) in [7, 11) is 1.47. The number of benzene rings is 1. The number of hydrogen-bond acceptors (Lipinski definition) is 4. The summed E-state index contributed by atoms with van der Waals surface area (Å²) in [4.78, 5) is 36.3. The highest BCUT2D eigenvalue weighted by Gasteiger charge is 2.28.